The van der Waals surface area contributed by atoms with Gasteiger partial charge < -0.3 is 5.32 Å². The molecule has 8 heteroatoms. The average molecular weight is 276 g/mol. The number of nitrogens with one attached hydrogen (secondary N) is 1. The molecule has 8 nitrogen and oxygen atoms in total. The van der Waals surface area contributed by atoms with Gasteiger partial charge in [-0.25, -0.2) is 14.3 Å². The van der Waals surface area contributed by atoms with Crippen LogP contribution in [0.25, 0.3) is 5.82 Å². The Bertz CT molecular complexity index is 634. The SMILES string of the molecule is CC[C@@H](C)NC(=O)Cn1nc(-n2cncn2)ccc1=O. The number of hydrogen-bond acceptors (Lipinski definition) is 5. The molecule has 0 aliphatic heterocycles. The number of hydrogen-bond donors (Lipinski definition) is 1. The molecule has 0 unspecified atom stereocenters. The first kappa shape index (κ1) is 13.9. The van der Waals surface area contributed by atoms with Gasteiger partial charge in [0.05, 0.1) is 0 Å². The highest BCUT2D eigenvalue weighted by Gasteiger charge is 2.09. The van der Waals surface area contributed by atoms with E-state index in [1.54, 1.807) is 0 Å². The normalized spacial score (nSPS) is 12.1. The summed E-state index contributed by atoms with van der Waals surface area (Å²) >= 11 is 0. The van der Waals surface area contributed by atoms with Crippen molar-refractivity contribution in [3.05, 3.63) is 35.1 Å². The maximum atomic E-state index is 11.8. The summed E-state index contributed by atoms with van der Waals surface area (Å²) in [4.78, 5) is 27.3. The van der Waals surface area contributed by atoms with E-state index in [1.165, 1.54) is 29.5 Å². The molecule has 1 atom stereocenters. The summed E-state index contributed by atoms with van der Waals surface area (Å²) in [5.74, 6) is 0.183. The van der Waals surface area contributed by atoms with Gasteiger partial charge in [-0.3, -0.25) is 9.59 Å². The predicted molar refractivity (Wildman–Crippen MR) is 71.3 cm³/mol. The van der Waals surface area contributed by atoms with E-state index >= 15 is 0 Å². The Labute approximate surface area is 115 Å². The predicted octanol–water partition coefficient (Wildman–Crippen LogP) is -0.261. The van der Waals surface area contributed by atoms with Crippen molar-refractivity contribution in [2.75, 3.05) is 0 Å². The first-order valence-corrected chi connectivity index (χ1v) is 6.32. The lowest BCUT2D eigenvalue weighted by Crippen LogP contribution is -2.38. The Balaban J connectivity index is 2.17. The molecule has 2 rings (SSSR count). The van der Waals surface area contributed by atoms with Crippen molar-refractivity contribution in [2.45, 2.75) is 32.9 Å². The second-order valence-corrected chi connectivity index (χ2v) is 4.40. The summed E-state index contributed by atoms with van der Waals surface area (Å²) in [5.41, 5.74) is -0.340. The average Bonchev–Trinajstić information content (AvgIpc) is 2.95. The number of aromatic nitrogens is 5. The van der Waals surface area contributed by atoms with E-state index in [1.807, 2.05) is 13.8 Å². The number of amides is 1. The van der Waals surface area contributed by atoms with Crippen molar-refractivity contribution >= 4 is 5.91 Å². The van der Waals surface area contributed by atoms with Gasteiger partial charge in [-0.2, -0.15) is 5.10 Å². The zero-order valence-corrected chi connectivity index (χ0v) is 11.4. The minimum Gasteiger partial charge on any atom is -0.352 e. The largest absolute Gasteiger partial charge is 0.352 e. The molecule has 2 heterocycles. The van der Waals surface area contributed by atoms with Gasteiger partial charge in [0.25, 0.3) is 5.56 Å². The lowest BCUT2D eigenvalue weighted by molar-refractivity contribution is -0.122. The first-order valence-electron chi connectivity index (χ1n) is 6.32. The van der Waals surface area contributed by atoms with E-state index in [0.29, 0.717) is 5.82 Å². The summed E-state index contributed by atoms with van der Waals surface area (Å²) in [6, 6.07) is 2.94. The number of rotatable bonds is 5. The van der Waals surface area contributed by atoms with Gasteiger partial charge in [0, 0.05) is 12.1 Å². The van der Waals surface area contributed by atoms with E-state index in [-0.39, 0.29) is 24.1 Å². The topological polar surface area (TPSA) is 94.7 Å². The molecule has 20 heavy (non-hydrogen) atoms. The van der Waals surface area contributed by atoms with Crippen LogP contribution in [-0.4, -0.2) is 36.5 Å². The Morgan fingerprint density at radius 1 is 1.45 bits per heavy atom. The molecule has 1 amide bonds. The maximum Gasteiger partial charge on any atom is 0.267 e. The van der Waals surface area contributed by atoms with Crippen LogP contribution in [0.15, 0.2) is 29.6 Å². The van der Waals surface area contributed by atoms with Crippen molar-refractivity contribution < 1.29 is 4.79 Å². The van der Waals surface area contributed by atoms with Crippen molar-refractivity contribution in [2.24, 2.45) is 0 Å². The van der Waals surface area contributed by atoms with E-state index < -0.39 is 0 Å². The molecule has 0 aliphatic carbocycles. The Hall–Kier alpha value is -2.51. The standard InChI is InChI=1S/C12H16N6O2/c1-3-9(2)15-11(19)6-17-12(20)5-4-10(16-17)18-8-13-7-14-18/h4-5,7-9H,3,6H2,1-2H3,(H,15,19)/t9-/m1/s1. The molecule has 1 N–H and O–H groups in total. The Kier molecular flexibility index (Phi) is 4.24. The molecule has 0 aromatic carbocycles. The molecule has 2 aromatic heterocycles. The van der Waals surface area contributed by atoms with Crippen LogP contribution in [0, 0.1) is 0 Å². The Morgan fingerprint density at radius 3 is 2.90 bits per heavy atom. The second kappa shape index (κ2) is 6.09. The minimum atomic E-state index is -0.340. The van der Waals surface area contributed by atoms with Gasteiger partial charge in [0.2, 0.25) is 5.91 Å². The molecule has 0 aliphatic rings. The van der Waals surface area contributed by atoms with Gasteiger partial charge in [0.15, 0.2) is 5.82 Å². The monoisotopic (exact) mass is 276 g/mol. The molecule has 0 saturated heterocycles. The Morgan fingerprint density at radius 2 is 2.25 bits per heavy atom. The first-order chi connectivity index (χ1) is 9.60. The smallest absolute Gasteiger partial charge is 0.267 e. The molecule has 106 valence electrons. The lowest BCUT2D eigenvalue weighted by Gasteiger charge is -2.12. The quantitative estimate of drug-likeness (QED) is 0.811. The van der Waals surface area contributed by atoms with Crippen LogP contribution < -0.4 is 10.9 Å². The summed E-state index contributed by atoms with van der Waals surface area (Å²) in [5, 5.41) is 10.8. The van der Waals surface area contributed by atoms with Gasteiger partial charge in [-0.1, -0.05) is 6.92 Å². The minimum absolute atomic E-state index is 0.0664. The molecule has 0 fully saturated rings. The zero-order chi connectivity index (χ0) is 14.5. The van der Waals surface area contributed by atoms with Crippen LogP contribution in [-0.2, 0) is 11.3 Å². The van der Waals surface area contributed by atoms with E-state index in [0.717, 1.165) is 11.1 Å². The van der Waals surface area contributed by atoms with Crippen molar-refractivity contribution in [1.29, 1.82) is 0 Å². The van der Waals surface area contributed by atoms with Crippen LogP contribution in [0.1, 0.15) is 20.3 Å². The molecular weight excluding hydrogens is 260 g/mol. The third-order valence-electron chi connectivity index (χ3n) is 2.82. The second-order valence-electron chi connectivity index (χ2n) is 4.40. The number of carbonyl (C=O) groups excluding carboxylic acids is 1. The summed E-state index contributed by atoms with van der Waals surface area (Å²) in [7, 11) is 0. The van der Waals surface area contributed by atoms with Crippen LogP contribution in [0.4, 0.5) is 0 Å². The summed E-state index contributed by atoms with van der Waals surface area (Å²) < 4.78 is 2.53. The number of carbonyl (C=O) groups is 1. The van der Waals surface area contributed by atoms with Gasteiger partial charge in [-0.05, 0) is 19.4 Å². The van der Waals surface area contributed by atoms with Crippen LogP contribution >= 0.6 is 0 Å². The van der Waals surface area contributed by atoms with Crippen molar-refractivity contribution in [3.63, 3.8) is 0 Å². The number of nitrogens with zero attached hydrogens (tertiary/aromatic N) is 5. The molecule has 2 aromatic rings. The highest BCUT2D eigenvalue weighted by molar-refractivity contribution is 5.75. The fourth-order valence-corrected chi connectivity index (χ4v) is 1.56. The van der Waals surface area contributed by atoms with Gasteiger partial charge in [0.1, 0.15) is 19.2 Å². The fourth-order valence-electron chi connectivity index (χ4n) is 1.56. The van der Waals surface area contributed by atoms with Crippen molar-refractivity contribution in [1.82, 2.24) is 29.9 Å². The van der Waals surface area contributed by atoms with E-state index in [4.69, 9.17) is 0 Å². The zero-order valence-electron chi connectivity index (χ0n) is 11.4. The van der Waals surface area contributed by atoms with Gasteiger partial charge in [-0.15, -0.1) is 5.10 Å². The molecule has 0 spiro atoms. The highest BCUT2D eigenvalue weighted by atomic mass is 16.2. The van der Waals surface area contributed by atoms with E-state index in [9.17, 15) is 9.59 Å². The summed E-state index contributed by atoms with van der Waals surface area (Å²) in [6.07, 6.45) is 3.66. The third kappa shape index (κ3) is 3.28. The van der Waals surface area contributed by atoms with Crippen molar-refractivity contribution in [3.8, 4) is 5.82 Å². The molecular formula is C12H16N6O2. The van der Waals surface area contributed by atoms with Crippen LogP contribution in [0.3, 0.4) is 0 Å². The van der Waals surface area contributed by atoms with Crippen LogP contribution in [0.5, 0.6) is 0 Å². The lowest BCUT2D eigenvalue weighted by atomic mass is 10.2. The third-order valence-corrected chi connectivity index (χ3v) is 2.82. The molecule has 0 radical (unpaired) electrons. The highest BCUT2D eigenvalue weighted by Crippen LogP contribution is 1.97. The van der Waals surface area contributed by atoms with E-state index in [2.05, 4.69) is 20.5 Å². The summed E-state index contributed by atoms with van der Waals surface area (Å²) in [6.45, 7) is 3.76. The van der Waals surface area contributed by atoms with Crippen LogP contribution in [0.2, 0.25) is 0 Å². The van der Waals surface area contributed by atoms with Gasteiger partial charge >= 0.3 is 0 Å². The fraction of sp³-hybridized carbons (Fsp3) is 0.417. The maximum absolute atomic E-state index is 11.8. The molecule has 0 saturated carbocycles. The molecule has 0 bridgehead atoms.